The van der Waals surface area contributed by atoms with Crippen LogP contribution >= 0.6 is 0 Å². The van der Waals surface area contributed by atoms with Gasteiger partial charge in [0.25, 0.3) is 5.91 Å². The Hall–Kier alpha value is -3.33. The number of carbonyl (C=O) groups is 2. The van der Waals surface area contributed by atoms with Crippen LogP contribution in [0, 0.1) is 18.3 Å². The number of nitriles is 1. The number of carbonyl (C=O) groups excluding carboxylic acids is 1. The number of rotatable bonds is 3. The van der Waals surface area contributed by atoms with E-state index in [0.29, 0.717) is 42.9 Å². The average Bonchev–Trinajstić information content (AvgIpc) is 2.67. The van der Waals surface area contributed by atoms with Gasteiger partial charge in [-0.25, -0.2) is 4.79 Å². The maximum absolute atomic E-state index is 12.7. The second-order valence-corrected chi connectivity index (χ2v) is 6.24. The van der Waals surface area contributed by atoms with Crippen LogP contribution in [-0.2, 0) is 0 Å². The van der Waals surface area contributed by atoms with Gasteiger partial charge in [-0.1, -0.05) is 18.2 Å². The van der Waals surface area contributed by atoms with Gasteiger partial charge >= 0.3 is 5.97 Å². The summed E-state index contributed by atoms with van der Waals surface area (Å²) < 4.78 is 0. The Balaban J connectivity index is 1.72. The zero-order chi connectivity index (χ0) is 18.7. The van der Waals surface area contributed by atoms with Gasteiger partial charge in [0.15, 0.2) is 0 Å². The summed E-state index contributed by atoms with van der Waals surface area (Å²) in [6.07, 6.45) is 0. The second kappa shape index (κ2) is 7.28. The van der Waals surface area contributed by atoms with Gasteiger partial charge in [-0.15, -0.1) is 0 Å². The van der Waals surface area contributed by atoms with Gasteiger partial charge in [-0.05, 0) is 36.8 Å². The van der Waals surface area contributed by atoms with Crippen molar-refractivity contribution < 1.29 is 14.7 Å². The first-order valence-corrected chi connectivity index (χ1v) is 8.38. The van der Waals surface area contributed by atoms with Crippen molar-refractivity contribution in [3.05, 3.63) is 64.7 Å². The van der Waals surface area contributed by atoms with Crippen LogP contribution in [0.4, 0.5) is 5.69 Å². The Kier molecular flexibility index (Phi) is 4.90. The van der Waals surface area contributed by atoms with Crippen molar-refractivity contribution in [2.75, 3.05) is 31.1 Å². The molecule has 0 aliphatic carbocycles. The molecule has 26 heavy (non-hydrogen) atoms. The van der Waals surface area contributed by atoms with Gasteiger partial charge in [0, 0.05) is 31.7 Å². The summed E-state index contributed by atoms with van der Waals surface area (Å²) in [5.41, 5.74) is 2.67. The Labute approximate surface area is 151 Å². The summed E-state index contributed by atoms with van der Waals surface area (Å²) in [6.45, 7) is 4.01. The van der Waals surface area contributed by atoms with E-state index in [-0.39, 0.29) is 11.5 Å². The van der Waals surface area contributed by atoms with Crippen molar-refractivity contribution >= 4 is 17.6 Å². The lowest BCUT2D eigenvalue weighted by atomic mass is 10.0. The number of anilines is 1. The molecule has 2 aromatic rings. The standard InChI is InChI=1S/C20H19N3O3/c1-14-6-7-15(12-17(14)20(25)26)19(24)23-10-8-22(9-11-23)18-5-3-2-4-16(18)13-21/h2-7,12H,8-11H2,1H3,(H,25,26). The van der Waals surface area contributed by atoms with Gasteiger partial charge < -0.3 is 14.9 Å². The number of hydrogen-bond acceptors (Lipinski definition) is 4. The molecular weight excluding hydrogens is 330 g/mol. The van der Waals surface area contributed by atoms with E-state index >= 15 is 0 Å². The molecule has 3 rings (SSSR count). The van der Waals surface area contributed by atoms with Crippen molar-refractivity contribution in [2.24, 2.45) is 0 Å². The fraction of sp³-hybridized carbons (Fsp3) is 0.250. The molecular formula is C20H19N3O3. The van der Waals surface area contributed by atoms with Crippen molar-refractivity contribution in [1.29, 1.82) is 5.26 Å². The van der Waals surface area contributed by atoms with E-state index in [4.69, 9.17) is 0 Å². The molecule has 6 heteroatoms. The number of carboxylic acid groups (broad SMARTS) is 1. The van der Waals surface area contributed by atoms with Gasteiger partial charge in [-0.3, -0.25) is 4.79 Å². The first kappa shape index (κ1) is 17.5. The Morgan fingerprint density at radius 3 is 2.42 bits per heavy atom. The third-order valence-corrected chi connectivity index (χ3v) is 4.65. The number of aryl methyl sites for hydroxylation is 1. The minimum absolute atomic E-state index is 0.150. The molecule has 1 aliphatic heterocycles. The summed E-state index contributed by atoms with van der Waals surface area (Å²) >= 11 is 0. The molecule has 6 nitrogen and oxygen atoms in total. The van der Waals surface area contributed by atoms with Crippen molar-refractivity contribution in [2.45, 2.75) is 6.92 Å². The van der Waals surface area contributed by atoms with Crippen LogP contribution in [0.3, 0.4) is 0 Å². The lowest BCUT2D eigenvalue weighted by Crippen LogP contribution is -2.49. The minimum Gasteiger partial charge on any atom is -0.478 e. The predicted octanol–water partition coefficient (Wildman–Crippen LogP) is 2.53. The largest absolute Gasteiger partial charge is 0.478 e. The topological polar surface area (TPSA) is 84.6 Å². The van der Waals surface area contributed by atoms with Crippen LogP contribution in [-0.4, -0.2) is 48.1 Å². The molecule has 1 saturated heterocycles. The molecule has 0 aromatic heterocycles. The molecule has 0 atom stereocenters. The van der Waals surface area contributed by atoms with E-state index < -0.39 is 5.97 Å². The summed E-state index contributed by atoms with van der Waals surface area (Å²) in [6, 6.07) is 14.4. The molecule has 2 aromatic carbocycles. The van der Waals surface area contributed by atoms with Crippen LogP contribution in [0.25, 0.3) is 0 Å². The monoisotopic (exact) mass is 349 g/mol. The Morgan fingerprint density at radius 1 is 1.08 bits per heavy atom. The van der Waals surface area contributed by atoms with Crippen molar-refractivity contribution in [1.82, 2.24) is 4.90 Å². The molecule has 0 spiro atoms. The van der Waals surface area contributed by atoms with E-state index in [9.17, 15) is 20.0 Å². The molecule has 1 heterocycles. The highest BCUT2D eigenvalue weighted by Crippen LogP contribution is 2.22. The number of para-hydroxylation sites is 1. The number of carboxylic acids is 1. The highest BCUT2D eigenvalue weighted by atomic mass is 16.4. The lowest BCUT2D eigenvalue weighted by molar-refractivity contribution is 0.0696. The molecule has 0 unspecified atom stereocenters. The van der Waals surface area contributed by atoms with Crippen LogP contribution in [0.5, 0.6) is 0 Å². The number of nitrogens with zero attached hydrogens (tertiary/aromatic N) is 3. The SMILES string of the molecule is Cc1ccc(C(=O)N2CCN(c3ccccc3C#N)CC2)cc1C(=O)O. The first-order chi connectivity index (χ1) is 12.5. The molecule has 1 amide bonds. The molecule has 0 saturated carbocycles. The first-order valence-electron chi connectivity index (χ1n) is 8.38. The minimum atomic E-state index is -1.03. The summed E-state index contributed by atoms with van der Waals surface area (Å²) in [5, 5.41) is 18.5. The van der Waals surface area contributed by atoms with Gasteiger partial charge in [0.1, 0.15) is 6.07 Å². The smallest absolute Gasteiger partial charge is 0.335 e. The summed E-state index contributed by atoms with van der Waals surface area (Å²) in [4.78, 5) is 27.8. The molecule has 1 aliphatic rings. The number of hydrogen-bond donors (Lipinski definition) is 1. The van der Waals surface area contributed by atoms with Gasteiger partial charge in [0.05, 0.1) is 16.8 Å². The number of amides is 1. The normalized spacial score (nSPS) is 14.0. The van der Waals surface area contributed by atoms with Crippen LogP contribution in [0.2, 0.25) is 0 Å². The van der Waals surface area contributed by atoms with E-state index in [0.717, 1.165) is 5.69 Å². The third-order valence-electron chi connectivity index (χ3n) is 4.65. The maximum atomic E-state index is 12.7. The van der Waals surface area contributed by atoms with Gasteiger partial charge in [0.2, 0.25) is 0 Å². The summed E-state index contributed by atoms with van der Waals surface area (Å²) in [5.74, 6) is -1.20. The highest BCUT2D eigenvalue weighted by Gasteiger charge is 2.24. The van der Waals surface area contributed by atoms with Crippen molar-refractivity contribution in [3.8, 4) is 6.07 Å². The number of aromatic carboxylic acids is 1. The molecule has 1 fully saturated rings. The quantitative estimate of drug-likeness (QED) is 0.920. The second-order valence-electron chi connectivity index (χ2n) is 6.24. The molecule has 0 radical (unpaired) electrons. The summed E-state index contributed by atoms with van der Waals surface area (Å²) in [7, 11) is 0. The predicted molar refractivity (Wildman–Crippen MR) is 97.4 cm³/mol. The molecule has 1 N–H and O–H groups in total. The van der Waals surface area contributed by atoms with Crippen LogP contribution < -0.4 is 4.90 Å². The zero-order valence-corrected chi connectivity index (χ0v) is 14.5. The van der Waals surface area contributed by atoms with E-state index in [1.54, 1.807) is 30.0 Å². The lowest BCUT2D eigenvalue weighted by Gasteiger charge is -2.36. The maximum Gasteiger partial charge on any atom is 0.335 e. The number of piperazine rings is 1. The fourth-order valence-electron chi connectivity index (χ4n) is 3.16. The highest BCUT2D eigenvalue weighted by molar-refractivity contribution is 5.98. The van der Waals surface area contributed by atoms with E-state index in [1.165, 1.54) is 6.07 Å². The Bertz CT molecular complexity index is 893. The van der Waals surface area contributed by atoms with E-state index in [1.807, 2.05) is 18.2 Å². The van der Waals surface area contributed by atoms with Crippen molar-refractivity contribution in [3.63, 3.8) is 0 Å². The third kappa shape index (κ3) is 3.38. The Morgan fingerprint density at radius 2 is 1.77 bits per heavy atom. The number of benzene rings is 2. The fourth-order valence-corrected chi connectivity index (χ4v) is 3.16. The zero-order valence-electron chi connectivity index (χ0n) is 14.5. The molecule has 132 valence electrons. The van der Waals surface area contributed by atoms with Gasteiger partial charge in [-0.2, -0.15) is 5.26 Å². The molecule has 0 bridgehead atoms. The van der Waals surface area contributed by atoms with Crippen LogP contribution in [0.15, 0.2) is 42.5 Å². The van der Waals surface area contributed by atoms with E-state index in [2.05, 4.69) is 11.0 Å². The van der Waals surface area contributed by atoms with Crippen LogP contribution in [0.1, 0.15) is 31.8 Å². The average molecular weight is 349 g/mol.